The first-order chi connectivity index (χ1) is 11.3. The predicted molar refractivity (Wildman–Crippen MR) is 87.3 cm³/mol. The number of hydrogen-bond donors (Lipinski definition) is 2. The van der Waals surface area contributed by atoms with Crippen molar-refractivity contribution >= 4 is 0 Å². The molecule has 0 amide bonds. The van der Waals surface area contributed by atoms with E-state index in [9.17, 15) is 5.11 Å². The maximum atomic E-state index is 10.3. The molecule has 1 saturated carbocycles. The minimum atomic E-state index is -0.625. The molecule has 0 bridgehead atoms. The number of furan rings is 1. The van der Waals surface area contributed by atoms with Gasteiger partial charge in [0.25, 0.3) is 0 Å². The van der Waals surface area contributed by atoms with E-state index in [2.05, 4.69) is 17.4 Å². The van der Waals surface area contributed by atoms with Crippen molar-refractivity contribution in [3.8, 4) is 5.75 Å². The van der Waals surface area contributed by atoms with Crippen molar-refractivity contribution in [3.63, 3.8) is 0 Å². The normalized spacial score (nSPS) is 23.4. The zero-order valence-corrected chi connectivity index (χ0v) is 13.2. The summed E-state index contributed by atoms with van der Waals surface area (Å²) < 4.78 is 11.7. The summed E-state index contributed by atoms with van der Waals surface area (Å²) in [5, 5.41) is 13.8. The summed E-state index contributed by atoms with van der Waals surface area (Å²) in [6.45, 7) is 0.475. The van der Waals surface area contributed by atoms with E-state index in [1.165, 1.54) is 18.4 Å². The van der Waals surface area contributed by atoms with Gasteiger partial charge >= 0.3 is 0 Å². The second kappa shape index (κ2) is 6.02. The van der Waals surface area contributed by atoms with Gasteiger partial charge in [-0.2, -0.15) is 0 Å². The fraction of sp³-hybridized carbons (Fsp3) is 0.474. The van der Waals surface area contributed by atoms with Crippen LogP contribution in [0.4, 0.5) is 0 Å². The number of rotatable bonds is 4. The van der Waals surface area contributed by atoms with Gasteiger partial charge in [-0.15, -0.1) is 0 Å². The zero-order valence-electron chi connectivity index (χ0n) is 13.2. The molecular formula is C19H23NO3. The molecule has 0 saturated heterocycles. The standard InChI is InChI=1S/C19H23NO3/c21-16(18-8-5-11-22-18)13-20-15-12-19(9-3-4-10-19)23-17-7-2-1-6-14(15)17/h1-2,5-8,11,15-16,20-21H,3-4,9-10,12-13H2. The molecule has 2 unspecified atom stereocenters. The molecular weight excluding hydrogens is 290 g/mol. The molecule has 2 N–H and O–H groups in total. The van der Waals surface area contributed by atoms with Gasteiger partial charge in [0, 0.05) is 24.6 Å². The van der Waals surface area contributed by atoms with Crippen LogP contribution in [-0.2, 0) is 0 Å². The van der Waals surface area contributed by atoms with E-state index in [4.69, 9.17) is 9.15 Å². The fourth-order valence-electron chi connectivity index (χ4n) is 3.96. The van der Waals surface area contributed by atoms with E-state index in [0.29, 0.717) is 12.3 Å². The Morgan fingerprint density at radius 2 is 2.00 bits per heavy atom. The highest BCUT2D eigenvalue weighted by Crippen LogP contribution is 2.47. The predicted octanol–water partition coefficient (Wildman–Crippen LogP) is 3.74. The van der Waals surface area contributed by atoms with Gasteiger partial charge in [-0.3, -0.25) is 0 Å². The Morgan fingerprint density at radius 1 is 1.17 bits per heavy atom. The summed E-state index contributed by atoms with van der Waals surface area (Å²) >= 11 is 0. The van der Waals surface area contributed by atoms with Crippen LogP contribution < -0.4 is 10.1 Å². The first-order valence-electron chi connectivity index (χ1n) is 8.49. The van der Waals surface area contributed by atoms with E-state index >= 15 is 0 Å². The van der Waals surface area contributed by atoms with E-state index in [0.717, 1.165) is 25.0 Å². The molecule has 2 aromatic rings. The Balaban J connectivity index is 1.52. The van der Waals surface area contributed by atoms with Gasteiger partial charge in [0.15, 0.2) is 0 Å². The maximum Gasteiger partial charge on any atom is 0.133 e. The lowest BCUT2D eigenvalue weighted by Gasteiger charge is -2.40. The molecule has 1 aliphatic heterocycles. The Bertz CT molecular complexity index is 646. The van der Waals surface area contributed by atoms with Crippen molar-refractivity contribution in [2.75, 3.05) is 6.54 Å². The summed E-state index contributed by atoms with van der Waals surface area (Å²) in [7, 11) is 0. The van der Waals surface area contributed by atoms with E-state index in [-0.39, 0.29) is 11.6 Å². The molecule has 4 nitrogen and oxygen atoms in total. The van der Waals surface area contributed by atoms with Crippen molar-refractivity contribution < 1.29 is 14.3 Å². The highest BCUT2D eigenvalue weighted by molar-refractivity contribution is 5.39. The van der Waals surface area contributed by atoms with Gasteiger partial charge in [-0.25, -0.2) is 0 Å². The van der Waals surface area contributed by atoms with Crippen molar-refractivity contribution in [3.05, 3.63) is 54.0 Å². The Kier molecular flexibility index (Phi) is 3.87. The molecule has 122 valence electrons. The number of aliphatic hydroxyl groups is 1. The lowest BCUT2D eigenvalue weighted by atomic mass is 9.86. The number of fused-ring (bicyclic) bond motifs is 1. The zero-order chi connectivity index (χ0) is 15.7. The number of aliphatic hydroxyl groups excluding tert-OH is 1. The highest BCUT2D eigenvalue weighted by atomic mass is 16.5. The van der Waals surface area contributed by atoms with Crippen LogP contribution in [0, 0.1) is 0 Å². The topological polar surface area (TPSA) is 54.6 Å². The summed E-state index contributed by atoms with van der Waals surface area (Å²) in [5.74, 6) is 1.60. The molecule has 1 spiro atoms. The number of nitrogens with one attached hydrogen (secondary N) is 1. The first kappa shape index (κ1) is 14.8. The van der Waals surface area contributed by atoms with Crippen LogP contribution in [-0.4, -0.2) is 17.3 Å². The number of para-hydroxylation sites is 1. The lowest BCUT2D eigenvalue weighted by Crippen LogP contribution is -2.42. The van der Waals surface area contributed by atoms with E-state index in [1.807, 2.05) is 18.2 Å². The van der Waals surface area contributed by atoms with Crippen LogP contribution in [0.15, 0.2) is 47.1 Å². The number of ether oxygens (including phenoxy) is 1. The lowest BCUT2D eigenvalue weighted by molar-refractivity contribution is 0.0334. The molecule has 4 heteroatoms. The van der Waals surface area contributed by atoms with Crippen LogP contribution >= 0.6 is 0 Å². The molecule has 1 fully saturated rings. The van der Waals surface area contributed by atoms with E-state index < -0.39 is 6.10 Å². The Hall–Kier alpha value is -1.78. The highest BCUT2D eigenvalue weighted by Gasteiger charge is 2.42. The molecule has 1 aliphatic carbocycles. The monoisotopic (exact) mass is 313 g/mol. The quantitative estimate of drug-likeness (QED) is 0.903. The van der Waals surface area contributed by atoms with Crippen LogP contribution in [0.25, 0.3) is 0 Å². The van der Waals surface area contributed by atoms with Crippen molar-refractivity contribution in [2.45, 2.75) is 49.9 Å². The minimum absolute atomic E-state index is 0.0261. The van der Waals surface area contributed by atoms with Crippen molar-refractivity contribution in [1.82, 2.24) is 5.32 Å². The molecule has 1 aromatic heterocycles. The SMILES string of the molecule is OC(CNC1CC2(CCCC2)Oc2ccccc21)c1ccco1. The molecule has 0 radical (unpaired) electrons. The van der Waals surface area contributed by atoms with Crippen LogP contribution in [0.3, 0.4) is 0 Å². The third kappa shape index (κ3) is 2.89. The average molecular weight is 313 g/mol. The Morgan fingerprint density at radius 3 is 2.78 bits per heavy atom. The van der Waals surface area contributed by atoms with Gasteiger partial charge < -0.3 is 19.6 Å². The van der Waals surface area contributed by atoms with Gasteiger partial charge in [-0.1, -0.05) is 18.2 Å². The summed E-state index contributed by atoms with van der Waals surface area (Å²) in [6, 6.07) is 12.1. The number of benzene rings is 1. The molecule has 4 rings (SSSR count). The third-order valence-corrected chi connectivity index (χ3v) is 5.14. The maximum absolute atomic E-state index is 10.3. The smallest absolute Gasteiger partial charge is 0.133 e. The van der Waals surface area contributed by atoms with Crippen LogP contribution in [0.5, 0.6) is 5.75 Å². The third-order valence-electron chi connectivity index (χ3n) is 5.14. The first-order valence-corrected chi connectivity index (χ1v) is 8.49. The average Bonchev–Trinajstić information content (AvgIpc) is 3.24. The van der Waals surface area contributed by atoms with E-state index in [1.54, 1.807) is 12.3 Å². The fourth-order valence-corrected chi connectivity index (χ4v) is 3.96. The van der Waals surface area contributed by atoms with Crippen molar-refractivity contribution in [1.29, 1.82) is 0 Å². The molecule has 2 heterocycles. The summed E-state index contributed by atoms with van der Waals surface area (Å²) in [6.07, 6.45) is 6.67. The van der Waals surface area contributed by atoms with Crippen molar-refractivity contribution in [2.24, 2.45) is 0 Å². The van der Waals surface area contributed by atoms with Gasteiger partial charge in [0.05, 0.1) is 6.26 Å². The van der Waals surface area contributed by atoms with Crippen LogP contribution in [0.2, 0.25) is 0 Å². The molecule has 2 aliphatic rings. The minimum Gasteiger partial charge on any atom is -0.487 e. The molecule has 1 aromatic carbocycles. The number of hydrogen-bond acceptors (Lipinski definition) is 4. The second-order valence-corrected chi connectivity index (χ2v) is 6.73. The Labute approximate surface area is 136 Å². The largest absolute Gasteiger partial charge is 0.487 e. The molecule has 23 heavy (non-hydrogen) atoms. The van der Waals surface area contributed by atoms with Crippen LogP contribution in [0.1, 0.15) is 55.6 Å². The summed E-state index contributed by atoms with van der Waals surface area (Å²) in [4.78, 5) is 0. The summed E-state index contributed by atoms with van der Waals surface area (Å²) in [5.41, 5.74) is 1.17. The second-order valence-electron chi connectivity index (χ2n) is 6.73. The van der Waals surface area contributed by atoms with Gasteiger partial charge in [-0.05, 0) is 43.9 Å². The molecule has 2 atom stereocenters. The van der Waals surface area contributed by atoms with Gasteiger partial charge in [0.2, 0.25) is 0 Å². The van der Waals surface area contributed by atoms with Gasteiger partial charge in [0.1, 0.15) is 23.2 Å².